The van der Waals surface area contributed by atoms with E-state index in [1.165, 1.54) is 5.56 Å². The number of nitrogens with two attached hydrogens (primary N) is 1. The number of hydrogen-bond acceptors (Lipinski definition) is 6. The van der Waals surface area contributed by atoms with Crippen LogP contribution in [0.2, 0.25) is 0 Å². The van der Waals surface area contributed by atoms with Gasteiger partial charge in [0.1, 0.15) is 10.6 Å². The monoisotopic (exact) mass is 325 g/mol. The molecule has 0 radical (unpaired) electrons. The van der Waals surface area contributed by atoms with Gasteiger partial charge in [-0.2, -0.15) is 4.98 Å². The summed E-state index contributed by atoms with van der Waals surface area (Å²) >= 11 is 1.61. The Morgan fingerprint density at radius 1 is 1.00 bits per heavy atom. The predicted octanol–water partition coefficient (Wildman–Crippen LogP) is 2.60. The molecule has 1 fully saturated rings. The van der Waals surface area contributed by atoms with Crippen molar-refractivity contribution in [3.05, 3.63) is 47.3 Å². The Bertz CT molecular complexity index is 793. The third-order valence-corrected chi connectivity index (χ3v) is 5.05. The first-order valence-corrected chi connectivity index (χ1v) is 8.69. The zero-order chi connectivity index (χ0) is 15.6. The summed E-state index contributed by atoms with van der Waals surface area (Å²) < 4.78 is 0. The van der Waals surface area contributed by atoms with Crippen LogP contribution in [-0.4, -0.2) is 41.0 Å². The molecule has 6 heteroatoms. The van der Waals surface area contributed by atoms with Crippen molar-refractivity contribution >= 4 is 33.3 Å². The second-order valence-electron chi connectivity index (χ2n) is 5.79. The zero-order valence-corrected chi connectivity index (χ0v) is 13.7. The molecule has 0 amide bonds. The smallest absolute Gasteiger partial charge is 0.223 e. The Labute approximate surface area is 139 Å². The summed E-state index contributed by atoms with van der Waals surface area (Å²) in [6.07, 6.45) is 0. The molecule has 0 spiro atoms. The predicted molar refractivity (Wildman–Crippen MR) is 95.8 cm³/mol. The van der Waals surface area contributed by atoms with E-state index in [1.54, 1.807) is 11.3 Å². The van der Waals surface area contributed by atoms with E-state index in [1.807, 2.05) is 5.38 Å². The lowest BCUT2D eigenvalue weighted by molar-refractivity contribution is 0.249. The molecule has 1 aliphatic heterocycles. The Balaban J connectivity index is 1.47. The molecule has 23 heavy (non-hydrogen) atoms. The largest absolute Gasteiger partial charge is 0.368 e. The van der Waals surface area contributed by atoms with Crippen LogP contribution in [-0.2, 0) is 6.54 Å². The molecular formula is C17H19N5S. The summed E-state index contributed by atoms with van der Waals surface area (Å²) in [4.78, 5) is 14.6. The molecule has 0 aliphatic carbocycles. The second kappa shape index (κ2) is 6.14. The van der Waals surface area contributed by atoms with Crippen molar-refractivity contribution in [2.45, 2.75) is 6.54 Å². The summed E-state index contributed by atoms with van der Waals surface area (Å²) in [5, 5.41) is 3.16. The minimum Gasteiger partial charge on any atom is -0.368 e. The maximum atomic E-state index is 5.87. The van der Waals surface area contributed by atoms with E-state index in [0.29, 0.717) is 5.95 Å². The van der Waals surface area contributed by atoms with Crippen molar-refractivity contribution in [3.63, 3.8) is 0 Å². The van der Waals surface area contributed by atoms with Crippen LogP contribution in [0.3, 0.4) is 0 Å². The van der Waals surface area contributed by atoms with Crippen molar-refractivity contribution in [1.29, 1.82) is 0 Å². The van der Waals surface area contributed by atoms with E-state index in [9.17, 15) is 0 Å². The summed E-state index contributed by atoms with van der Waals surface area (Å²) in [6, 6.07) is 12.7. The van der Waals surface area contributed by atoms with Crippen LogP contribution < -0.4 is 10.6 Å². The first-order valence-electron chi connectivity index (χ1n) is 7.81. The fraction of sp³-hybridized carbons (Fsp3) is 0.294. The van der Waals surface area contributed by atoms with E-state index < -0.39 is 0 Å². The minimum atomic E-state index is 0.363. The quantitative estimate of drug-likeness (QED) is 0.802. The minimum absolute atomic E-state index is 0.363. The van der Waals surface area contributed by atoms with Crippen LogP contribution >= 0.6 is 11.3 Å². The fourth-order valence-electron chi connectivity index (χ4n) is 3.06. The first kappa shape index (κ1) is 14.4. The molecule has 4 rings (SSSR count). The number of hydrogen-bond donors (Lipinski definition) is 1. The van der Waals surface area contributed by atoms with Gasteiger partial charge in [0, 0.05) is 32.7 Å². The van der Waals surface area contributed by atoms with Crippen molar-refractivity contribution in [2.75, 3.05) is 36.8 Å². The molecule has 0 saturated carbocycles. The summed E-state index contributed by atoms with van der Waals surface area (Å²) in [7, 11) is 0. The Kier molecular flexibility index (Phi) is 3.85. The van der Waals surface area contributed by atoms with Gasteiger partial charge in [0.05, 0.1) is 5.39 Å². The maximum absolute atomic E-state index is 5.87. The number of nitrogen functional groups attached to an aromatic ring is 1. The molecule has 1 saturated heterocycles. The van der Waals surface area contributed by atoms with Gasteiger partial charge < -0.3 is 10.6 Å². The lowest BCUT2D eigenvalue weighted by Crippen LogP contribution is -2.46. The van der Waals surface area contributed by atoms with E-state index in [2.05, 4.69) is 56.2 Å². The van der Waals surface area contributed by atoms with Gasteiger partial charge in [0.2, 0.25) is 5.95 Å². The number of nitrogens with zero attached hydrogens (tertiary/aromatic N) is 4. The van der Waals surface area contributed by atoms with Gasteiger partial charge in [0.25, 0.3) is 0 Å². The highest BCUT2D eigenvalue weighted by Crippen LogP contribution is 2.29. The number of thiophene rings is 1. The van der Waals surface area contributed by atoms with Crippen LogP contribution in [0.4, 0.5) is 11.8 Å². The summed E-state index contributed by atoms with van der Waals surface area (Å²) in [6.45, 7) is 5.01. The average molecular weight is 325 g/mol. The second-order valence-corrected chi connectivity index (χ2v) is 6.69. The van der Waals surface area contributed by atoms with Crippen molar-refractivity contribution in [1.82, 2.24) is 14.9 Å². The van der Waals surface area contributed by atoms with Gasteiger partial charge in [0.15, 0.2) is 0 Å². The van der Waals surface area contributed by atoms with Crippen LogP contribution in [0.15, 0.2) is 41.8 Å². The first-order chi connectivity index (χ1) is 11.3. The average Bonchev–Trinajstić information content (AvgIpc) is 3.04. The number of piperazine rings is 1. The standard InChI is InChI=1S/C17H19N5S/c18-17-19-15(14-6-11-23-16(14)20-17)22-9-7-21(8-10-22)12-13-4-2-1-3-5-13/h1-6,11H,7-10,12H2,(H2,18,19,20). The van der Waals surface area contributed by atoms with E-state index >= 15 is 0 Å². The van der Waals surface area contributed by atoms with Gasteiger partial charge in [-0.3, -0.25) is 4.90 Å². The van der Waals surface area contributed by atoms with Crippen molar-refractivity contribution < 1.29 is 0 Å². The summed E-state index contributed by atoms with van der Waals surface area (Å²) in [5.41, 5.74) is 7.24. The van der Waals surface area contributed by atoms with Crippen molar-refractivity contribution in [3.8, 4) is 0 Å². The molecule has 3 heterocycles. The number of fused-ring (bicyclic) bond motifs is 1. The molecule has 5 nitrogen and oxygen atoms in total. The molecule has 3 aromatic rings. The molecule has 0 atom stereocenters. The molecule has 1 aliphatic rings. The van der Waals surface area contributed by atoms with E-state index in [4.69, 9.17) is 5.73 Å². The maximum Gasteiger partial charge on any atom is 0.223 e. The van der Waals surface area contributed by atoms with Crippen LogP contribution in [0.1, 0.15) is 5.56 Å². The molecule has 0 unspecified atom stereocenters. The lowest BCUT2D eigenvalue weighted by atomic mass is 10.2. The third kappa shape index (κ3) is 3.00. The van der Waals surface area contributed by atoms with Crippen molar-refractivity contribution in [2.24, 2.45) is 0 Å². The van der Waals surface area contributed by atoms with Gasteiger partial charge >= 0.3 is 0 Å². The highest BCUT2D eigenvalue weighted by atomic mass is 32.1. The Morgan fingerprint density at radius 2 is 1.78 bits per heavy atom. The number of aromatic nitrogens is 2. The molecule has 2 aromatic heterocycles. The van der Waals surface area contributed by atoms with Gasteiger partial charge in [-0.1, -0.05) is 30.3 Å². The Morgan fingerprint density at radius 3 is 2.57 bits per heavy atom. The molecular weight excluding hydrogens is 306 g/mol. The van der Waals surface area contributed by atoms with Crippen LogP contribution in [0.25, 0.3) is 10.2 Å². The van der Waals surface area contributed by atoms with Gasteiger partial charge in [-0.15, -0.1) is 11.3 Å². The number of rotatable bonds is 3. The summed E-state index contributed by atoms with van der Waals surface area (Å²) in [5.74, 6) is 1.34. The molecule has 1 aromatic carbocycles. The molecule has 118 valence electrons. The Hall–Kier alpha value is -2.18. The van der Waals surface area contributed by atoms with Crippen LogP contribution in [0.5, 0.6) is 0 Å². The highest BCUT2D eigenvalue weighted by molar-refractivity contribution is 7.16. The SMILES string of the molecule is Nc1nc(N2CCN(Cc3ccccc3)CC2)c2ccsc2n1. The normalized spacial score (nSPS) is 16.1. The number of anilines is 2. The fourth-order valence-corrected chi connectivity index (χ4v) is 3.82. The highest BCUT2D eigenvalue weighted by Gasteiger charge is 2.21. The lowest BCUT2D eigenvalue weighted by Gasteiger charge is -2.35. The number of benzene rings is 1. The van der Waals surface area contributed by atoms with Gasteiger partial charge in [-0.05, 0) is 17.0 Å². The molecule has 2 N–H and O–H groups in total. The van der Waals surface area contributed by atoms with Gasteiger partial charge in [-0.25, -0.2) is 4.98 Å². The third-order valence-electron chi connectivity index (χ3n) is 4.24. The topological polar surface area (TPSA) is 58.3 Å². The van der Waals surface area contributed by atoms with E-state index in [-0.39, 0.29) is 0 Å². The van der Waals surface area contributed by atoms with Crippen LogP contribution in [0, 0.1) is 0 Å². The van der Waals surface area contributed by atoms with E-state index in [0.717, 1.165) is 48.8 Å². The molecule has 0 bridgehead atoms. The zero-order valence-electron chi connectivity index (χ0n) is 12.9.